The first-order valence-electron chi connectivity index (χ1n) is 4.00. The van der Waals surface area contributed by atoms with E-state index >= 15 is 0 Å². The van der Waals surface area contributed by atoms with Gasteiger partial charge in [0, 0.05) is 17.8 Å². The van der Waals surface area contributed by atoms with Crippen LogP contribution in [0.15, 0.2) is 23.1 Å². The molecule has 64 valence electrons. The number of aromatic nitrogens is 2. The molecule has 3 heteroatoms. The fraction of sp³-hybridized carbons (Fsp3) is 0.444. The zero-order chi connectivity index (χ0) is 8.77. The lowest BCUT2D eigenvalue weighted by Crippen LogP contribution is -2.11. The first-order chi connectivity index (χ1) is 5.57. The fourth-order valence-corrected chi connectivity index (χ4v) is 1.09. The van der Waals surface area contributed by atoms with Gasteiger partial charge in [-0.15, -0.1) is 0 Å². The molecule has 0 aliphatic heterocycles. The number of oxazole rings is 1. The molecule has 0 fully saturated rings. The topological polar surface area (TPSA) is 30.4 Å². The summed E-state index contributed by atoms with van der Waals surface area (Å²) in [5.41, 5.74) is 1.15. The van der Waals surface area contributed by atoms with E-state index in [9.17, 15) is 0 Å². The van der Waals surface area contributed by atoms with Gasteiger partial charge in [-0.3, -0.25) is 4.40 Å². The first-order valence-corrected chi connectivity index (χ1v) is 4.00. The highest BCUT2D eigenvalue weighted by molar-refractivity contribution is 5.28. The third-order valence-electron chi connectivity index (χ3n) is 1.86. The van der Waals surface area contributed by atoms with E-state index in [2.05, 4.69) is 25.8 Å². The van der Waals surface area contributed by atoms with Gasteiger partial charge in [-0.2, -0.15) is 4.98 Å². The summed E-state index contributed by atoms with van der Waals surface area (Å²) in [5.74, 6) is 0.667. The van der Waals surface area contributed by atoms with Crippen molar-refractivity contribution in [1.82, 2.24) is 9.38 Å². The molecule has 12 heavy (non-hydrogen) atoms. The van der Waals surface area contributed by atoms with Crippen molar-refractivity contribution < 1.29 is 4.42 Å². The summed E-state index contributed by atoms with van der Waals surface area (Å²) in [6, 6.07) is 0. The van der Waals surface area contributed by atoms with E-state index in [4.69, 9.17) is 4.42 Å². The molecule has 0 aliphatic carbocycles. The molecule has 2 heterocycles. The molecule has 0 radical (unpaired) electrons. The van der Waals surface area contributed by atoms with Crippen LogP contribution in [0.5, 0.6) is 0 Å². The second-order valence-electron chi connectivity index (χ2n) is 3.97. The molecule has 0 N–H and O–H groups in total. The maximum atomic E-state index is 5.15. The van der Waals surface area contributed by atoms with Crippen molar-refractivity contribution in [2.45, 2.75) is 26.2 Å². The average Bonchev–Trinajstić information content (AvgIpc) is 2.37. The Kier molecular flexibility index (Phi) is 1.31. The Balaban J connectivity index is 2.59. The molecular weight excluding hydrogens is 152 g/mol. The largest absolute Gasteiger partial charge is 0.432 e. The number of hydrogen-bond donors (Lipinski definition) is 0. The Hall–Kier alpha value is -1.25. The second kappa shape index (κ2) is 2.12. The van der Waals surface area contributed by atoms with E-state index < -0.39 is 0 Å². The predicted molar refractivity (Wildman–Crippen MR) is 46.2 cm³/mol. The quantitative estimate of drug-likeness (QED) is 0.597. The molecule has 0 unspecified atom stereocenters. The van der Waals surface area contributed by atoms with Gasteiger partial charge >= 0.3 is 5.84 Å². The van der Waals surface area contributed by atoms with Gasteiger partial charge in [0.2, 0.25) is 0 Å². The molecule has 2 aromatic heterocycles. The average molecular weight is 164 g/mol. The van der Waals surface area contributed by atoms with Crippen molar-refractivity contribution in [2.24, 2.45) is 0 Å². The van der Waals surface area contributed by atoms with Crippen molar-refractivity contribution in [3.63, 3.8) is 0 Å². The first kappa shape index (κ1) is 7.40. The minimum absolute atomic E-state index is 0.0918. The van der Waals surface area contributed by atoms with E-state index in [0.717, 1.165) is 5.69 Å². The summed E-state index contributed by atoms with van der Waals surface area (Å²) in [5, 5.41) is 0. The van der Waals surface area contributed by atoms with Crippen molar-refractivity contribution in [1.29, 1.82) is 0 Å². The van der Waals surface area contributed by atoms with Gasteiger partial charge in [-0.1, -0.05) is 20.8 Å². The maximum Gasteiger partial charge on any atom is 0.305 e. The Bertz CT molecular complexity index is 363. The molecule has 0 atom stereocenters. The van der Waals surface area contributed by atoms with E-state index in [-0.39, 0.29) is 5.41 Å². The summed E-state index contributed by atoms with van der Waals surface area (Å²) < 4.78 is 7.04. The summed E-state index contributed by atoms with van der Waals surface area (Å²) in [6.07, 6.45) is 5.49. The lowest BCUT2D eigenvalue weighted by molar-refractivity contribution is 0.559. The van der Waals surface area contributed by atoms with Gasteiger partial charge in [-0.25, -0.2) is 0 Å². The molecule has 2 rings (SSSR count). The third kappa shape index (κ3) is 1.02. The van der Waals surface area contributed by atoms with E-state index in [1.807, 2.05) is 16.8 Å². The maximum absolute atomic E-state index is 5.15. The molecule has 0 aliphatic rings. The zero-order valence-electron chi connectivity index (χ0n) is 7.53. The van der Waals surface area contributed by atoms with Crippen LogP contribution in [0.25, 0.3) is 5.84 Å². The molecule has 0 saturated heterocycles. The highest BCUT2D eigenvalue weighted by Crippen LogP contribution is 2.21. The molecule has 0 saturated carbocycles. The van der Waals surface area contributed by atoms with Gasteiger partial charge in [0.25, 0.3) is 0 Å². The van der Waals surface area contributed by atoms with E-state index in [1.54, 1.807) is 6.26 Å². The van der Waals surface area contributed by atoms with Gasteiger partial charge in [0.15, 0.2) is 0 Å². The number of hydrogen-bond acceptors (Lipinski definition) is 2. The van der Waals surface area contributed by atoms with Gasteiger partial charge in [0.1, 0.15) is 6.26 Å². The number of fused-ring (bicyclic) bond motifs is 1. The third-order valence-corrected chi connectivity index (χ3v) is 1.86. The van der Waals surface area contributed by atoms with Crippen LogP contribution < -0.4 is 0 Å². The van der Waals surface area contributed by atoms with Crippen molar-refractivity contribution in [3.8, 4) is 0 Å². The van der Waals surface area contributed by atoms with E-state index in [1.165, 1.54) is 0 Å². The van der Waals surface area contributed by atoms with E-state index in [0.29, 0.717) is 5.84 Å². The summed E-state index contributed by atoms with van der Waals surface area (Å²) in [7, 11) is 0. The number of imidazole rings is 1. The van der Waals surface area contributed by atoms with Crippen molar-refractivity contribution in [3.05, 3.63) is 24.4 Å². The molecule has 3 nitrogen and oxygen atoms in total. The fourth-order valence-electron chi connectivity index (χ4n) is 1.09. The summed E-state index contributed by atoms with van der Waals surface area (Å²) >= 11 is 0. The lowest BCUT2D eigenvalue weighted by atomic mass is 9.93. The van der Waals surface area contributed by atoms with Crippen LogP contribution in [0.2, 0.25) is 0 Å². The standard InChI is InChI=1S/C9H12N2O/c1-9(2,3)7-6-11-4-5-12-8(11)10-7/h4-6H,1-3H3. The van der Waals surface area contributed by atoms with Crippen molar-refractivity contribution >= 4 is 5.84 Å². The molecule has 0 aromatic carbocycles. The van der Waals surface area contributed by atoms with Crippen molar-refractivity contribution in [2.75, 3.05) is 0 Å². The van der Waals surface area contributed by atoms with Gasteiger partial charge in [0.05, 0.1) is 5.69 Å². The van der Waals surface area contributed by atoms with Crippen LogP contribution in [0.4, 0.5) is 0 Å². The highest BCUT2D eigenvalue weighted by atomic mass is 16.3. The highest BCUT2D eigenvalue weighted by Gasteiger charge is 2.18. The number of rotatable bonds is 0. The SMILES string of the molecule is CC(C)(C)c1cn2ccoc2n1. The predicted octanol–water partition coefficient (Wildman–Crippen LogP) is 2.22. The smallest absolute Gasteiger partial charge is 0.305 e. The Morgan fingerprint density at radius 1 is 1.42 bits per heavy atom. The zero-order valence-corrected chi connectivity index (χ0v) is 7.53. The minimum atomic E-state index is 0.0918. The van der Waals surface area contributed by atoms with Crippen LogP contribution in [0, 0.1) is 0 Å². The van der Waals surface area contributed by atoms with Gasteiger partial charge < -0.3 is 4.42 Å². The number of nitrogens with zero attached hydrogens (tertiary/aromatic N) is 2. The molecular formula is C9H12N2O. The van der Waals surface area contributed by atoms with Crippen LogP contribution >= 0.6 is 0 Å². The van der Waals surface area contributed by atoms with Crippen LogP contribution in [0.3, 0.4) is 0 Å². The van der Waals surface area contributed by atoms with Crippen LogP contribution in [0.1, 0.15) is 26.5 Å². The summed E-state index contributed by atoms with van der Waals surface area (Å²) in [6.45, 7) is 6.40. The van der Waals surface area contributed by atoms with Crippen LogP contribution in [-0.2, 0) is 5.41 Å². The monoisotopic (exact) mass is 164 g/mol. The summed E-state index contributed by atoms with van der Waals surface area (Å²) in [4.78, 5) is 4.34. The molecule has 2 aromatic rings. The van der Waals surface area contributed by atoms with Gasteiger partial charge in [-0.05, 0) is 0 Å². The minimum Gasteiger partial charge on any atom is -0.432 e. The Labute approximate surface area is 71.0 Å². The second-order valence-corrected chi connectivity index (χ2v) is 3.97. The lowest BCUT2D eigenvalue weighted by Gasteiger charge is -2.13. The Morgan fingerprint density at radius 3 is 2.75 bits per heavy atom. The van der Waals surface area contributed by atoms with Crippen LogP contribution in [-0.4, -0.2) is 9.38 Å². The molecule has 0 bridgehead atoms. The normalized spacial score (nSPS) is 12.6. The Morgan fingerprint density at radius 2 is 2.17 bits per heavy atom. The molecule has 0 spiro atoms. The molecule has 0 amide bonds.